The van der Waals surface area contributed by atoms with Crippen LogP contribution in [-0.2, 0) is 17.8 Å². The van der Waals surface area contributed by atoms with E-state index >= 15 is 0 Å². The van der Waals surface area contributed by atoms with Crippen LogP contribution in [0.3, 0.4) is 0 Å². The maximum absolute atomic E-state index is 13.3. The van der Waals surface area contributed by atoms with Crippen molar-refractivity contribution in [3.8, 4) is 0 Å². The van der Waals surface area contributed by atoms with Crippen molar-refractivity contribution in [3.63, 3.8) is 0 Å². The Morgan fingerprint density at radius 1 is 0.829 bits per heavy atom. The van der Waals surface area contributed by atoms with Gasteiger partial charge in [-0.1, -0.05) is 36.4 Å². The minimum atomic E-state index is -0.398. The van der Waals surface area contributed by atoms with E-state index in [0.717, 1.165) is 43.6 Å². The molecular formula is C31H29N5O5. The van der Waals surface area contributed by atoms with E-state index < -0.39 is 6.10 Å². The second kappa shape index (κ2) is 9.05. The smallest absolute Gasteiger partial charge is 0.410 e. The number of aliphatic hydroxyl groups excluding tert-OH is 1. The Kier molecular flexibility index (Phi) is 5.38. The van der Waals surface area contributed by atoms with Crippen LogP contribution in [0.5, 0.6) is 0 Å². The first-order valence-corrected chi connectivity index (χ1v) is 14.2. The van der Waals surface area contributed by atoms with Gasteiger partial charge in [0.25, 0.3) is 11.8 Å². The van der Waals surface area contributed by atoms with Gasteiger partial charge >= 0.3 is 6.09 Å². The molecule has 10 heteroatoms. The van der Waals surface area contributed by atoms with Crippen molar-refractivity contribution in [3.05, 3.63) is 59.7 Å². The third-order valence-electron chi connectivity index (χ3n) is 8.97. The average molecular weight is 552 g/mol. The van der Waals surface area contributed by atoms with Crippen molar-refractivity contribution < 1.29 is 24.2 Å². The summed E-state index contributed by atoms with van der Waals surface area (Å²) >= 11 is 0. The van der Waals surface area contributed by atoms with Crippen molar-refractivity contribution in [1.82, 2.24) is 24.3 Å². The van der Waals surface area contributed by atoms with Crippen molar-refractivity contribution in [2.45, 2.75) is 25.6 Å². The van der Waals surface area contributed by atoms with Gasteiger partial charge in [-0.15, -0.1) is 0 Å². The van der Waals surface area contributed by atoms with Crippen molar-refractivity contribution in [2.75, 3.05) is 39.3 Å². The number of aromatic nitrogens is 2. The molecule has 3 aliphatic rings. The van der Waals surface area contributed by atoms with Gasteiger partial charge in [-0.05, 0) is 12.1 Å². The molecule has 2 N–H and O–H groups in total. The predicted octanol–water partition coefficient (Wildman–Crippen LogP) is 3.30. The first-order valence-electron chi connectivity index (χ1n) is 14.2. The van der Waals surface area contributed by atoms with Crippen LogP contribution in [0.15, 0.2) is 48.5 Å². The molecular weight excluding hydrogens is 522 g/mol. The third-order valence-corrected chi connectivity index (χ3v) is 8.97. The number of hydrogen-bond donors (Lipinski definition) is 2. The number of imide groups is 1. The van der Waals surface area contributed by atoms with Gasteiger partial charge in [0, 0.05) is 78.3 Å². The summed E-state index contributed by atoms with van der Waals surface area (Å²) in [7, 11) is 0. The van der Waals surface area contributed by atoms with Gasteiger partial charge < -0.3 is 23.9 Å². The number of hydrogen-bond acceptors (Lipinski definition) is 6. The average Bonchev–Trinajstić information content (AvgIpc) is 3.58. The van der Waals surface area contributed by atoms with E-state index in [-0.39, 0.29) is 24.5 Å². The summed E-state index contributed by atoms with van der Waals surface area (Å²) in [5.41, 5.74) is 4.60. The van der Waals surface area contributed by atoms with E-state index in [1.54, 1.807) is 4.90 Å². The standard InChI is InChI=1S/C31H29N5O5/c37-16-15-33-11-13-34(14-12-33)31(40)41-18-9-10-35-21-7-3-1-5-19(21)23-25-26(30(39)32-29(25)38)24-20-6-2-4-8-22(20)36(17-18)28(24)27(23)35/h1-8,18,37H,9-17H2,(H,32,38,39). The van der Waals surface area contributed by atoms with Crippen LogP contribution in [0.4, 0.5) is 4.79 Å². The molecule has 0 bridgehead atoms. The zero-order chi connectivity index (χ0) is 27.8. The van der Waals surface area contributed by atoms with Gasteiger partial charge in [-0.2, -0.15) is 0 Å². The molecule has 1 fully saturated rings. The van der Waals surface area contributed by atoms with Crippen LogP contribution in [0.1, 0.15) is 27.1 Å². The number of para-hydroxylation sites is 2. The molecule has 1 unspecified atom stereocenters. The summed E-state index contributed by atoms with van der Waals surface area (Å²) in [5.74, 6) is -0.739. The lowest BCUT2D eigenvalue weighted by Gasteiger charge is -2.34. The molecule has 3 aliphatic heterocycles. The number of nitrogens with one attached hydrogen (secondary N) is 1. The Bertz CT molecular complexity index is 1930. The van der Waals surface area contributed by atoms with E-state index in [1.165, 1.54) is 0 Å². The molecule has 0 spiro atoms. The number of ether oxygens (including phenoxy) is 1. The number of benzene rings is 3. The van der Waals surface area contributed by atoms with Crippen molar-refractivity contribution in [2.24, 2.45) is 0 Å². The minimum absolute atomic E-state index is 0.105. The second-order valence-electron chi connectivity index (χ2n) is 11.1. The highest BCUT2D eigenvalue weighted by molar-refractivity contribution is 6.39. The van der Waals surface area contributed by atoms with Crippen LogP contribution >= 0.6 is 0 Å². The largest absolute Gasteiger partial charge is 0.444 e. The van der Waals surface area contributed by atoms with Gasteiger partial charge in [0.2, 0.25) is 0 Å². The SMILES string of the molecule is O=C1NC(=O)c2c1c1c3ccccc3n3c1c1c2c2ccccc2n1CC(OC(=O)N1CCN(CCO)CC1)CC3. The summed E-state index contributed by atoms with van der Waals surface area (Å²) in [5, 5.41) is 15.2. The third kappa shape index (κ3) is 3.47. The number of nitrogens with zero attached hydrogens (tertiary/aromatic N) is 4. The molecule has 10 nitrogen and oxygen atoms in total. The Morgan fingerprint density at radius 2 is 1.41 bits per heavy atom. The number of amides is 3. The fraction of sp³-hybridized carbons (Fsp3) is 0.323. The monoisotopic (exact) mass is 551 g/mol. The Hall–Kier alpha value is -4.41. The van der Waals surface area contributed by atoms with Crippen LogP contribution in [0.2, 0.25) is 0 Å². The Balaban J connectivity index is 1.31. The fourth-order valence-corrected chi connectivity index (χ4v) is 7.14. The van der Waals surface area contributed by atoms with E-state index in [2.05, 4.69) is 19.4 Å². The lowest BCUT2D eigenvalue weighted by atomic mass is 9.96. The molecule has 1 atom stereocenters. The Labute approximate surface area is 234 Å². The molecule has 1 saturated heterocycles. The normalized spacial score (nSPS) is 19.3. The summed E-state index contributed by atoms with van der Waals surface area (Å²) in [6.45, 7) is 4.27. The van der Waals surface area contributed by atoms with Crippen LogP contribution in [0.25, 0.3) is 43.6 Å². The number of β-amino-alcohol motifs (C(OH)–C–C–N with tert-alkyl or cyclic N) is 1. The topological polar surface area (TPSA) is 109 Å². The lowest BCUT2D eigenvalue weighted by Crippen LogP contribution is -2.50. The highest BCUT2D eigenvalue weighted by atomic mass is 16.6. The highest BCUT2D eigenvalue weighted by Crippen LogP contribution is 2.45. The molecule has 5 heterocycles. The highest BCUT2D eigenvalue weighted by Gasteiger charge is 2.38. The quantitative estimate of drug-likeness (QED) is 0.333. The Morgan fingerprint density at radius 3 is 2.05 bits per heavy atom. The molecule has 8 rings (SSSR count). The second-order valence-corrected chi connectivity index (χ2v) is 11.1. The van der Waals surface area contributed by atoms with Gasteiger partial charge in [0.05, 0.1) is 35.3 Å². The summed E-state index contributed by atoms with van der Waals surface area (Å²) in [4.78, 5) is 43.8. The molecule has 41 heavy (non-hydrogen) atoms. The van der Waals surface area contributed by atoms with Gasteiger partial charge in [-0.3, -0.25) is 19.8 Å². The number of fused-ring (bicyclic) bond motifs is 9. The van der Waals surface area contributed by atoms with Gasteiger partial charge in [0.15, 0.2) is 0 Å². The molecule has 2 aromatic heterocycles. The van der Waals surface area contributed by atoms with E-state index in [0.29, 0.717) is 63.4 Å². The summed E-state index contributed by atoms with van der Waals surface area (Å²) in [6, 6.07) is 15.9. The molecule has 208 valence electrons. The first-order chi connectivity index (χ1) is 20.0. The molecule has 0 aliphatic carbocycles. The number of aryl methyl sites for hydroxylation is 1. The van der Waals surface area contributed by atoms with E-state index in [1.807, 2.05) is 48.5 Å². The molecule has 5 aromatic rings. The van der Waals surface area contributed by atoms with Crippen molar-refractivity contribution >= 4 is 61.5 Å². The maximum Gasteiger partial charge on any atom is 0.410 e. The minimum Gasteiger partial charge on any atom is -0.444 e. The van der Waals surface area contributed by atoms with E-state index in [4.69, 9.17) is 4.74 Å². The van der Waals surface area contributed by atoms with Crippen LogP contribution < -0.4 is 5.32 Å². The van der Waals surface area contributed by atoms with Crippen molar-refractivity contribution in [1.29, 1.82) is 0 Å². The van der Waals surface area contributed by atoms with Crippen LogP contribution in [0, 0.1) is 0 Å². The van der Waals surface area contributed by atoms with Gasteiger partial charge in [-0.25, -0.2) is 4.79 Å². The molecule has 0 radical (unpaired) electrons. The molecule has 0 saturated carbocycles. The number of aliphatic hydroxyl groups is 1. The fourth-order valence-electron chi connectivity index (χ4n) is 7.14. The maximum atomic E-state index is 13.3. The van der Waals surface area contributed by atoms with Gasteiger partial charge in [0.1, 0.15) is 6.10 Å². The molecule has 3 amide bonds. The summed E-state index contributed by atoms with van der Waals surface area (Å²) < 4.78 is 10.6. The summed E-state index contributed by atoms with van der Waals surface area (Å²) in [6.07, 6.45) is -0.127. The van der Waals surface area contributed by atoms with Crippen LogP contribution in [-0.4, -0.2) is 87.4 Å². The lowest BCUT2D eigenvalue weighted by molar-refractivity contribution is 0.0344. The number of piperazine rings is 1. The molecule has 3 aromatic carbocycles. The zero-order valence-corrected chi connectivity index (χ0v) is 22.4. The predicted molar refractivity (Wildman–Crippen MR) is 154 cm³/mol. The van der Waals surface area contributed by atoms with E-state index in [9.17, 15) is 19.5 Å². The number of carbonyl (C=O) groups is 3. The number of carbonyl (C=O) groups excluding carboxylic acids is 3. The number of rotatable bonds is 3. The first kappa shape index (κ1) is 24.4. The zero-order valence-electron chi connectivity index (χ0n) is 22.4.